The lowest BCUT2D eigenvalue weighted by molar-refractivity contribution is -0.147. The molecule has 3 fully saturated rings. The lowest BCUT2D eigenvalue weighted by atomic mass is 9.82. The van der Waals surface area contributed by atoms with Gasteiger partial charge >= 0.3 is 5.97 Å². The van der Waals surface area contributed by atoms with Crippen LogP contribution in [0.2, 0.25) is 0 Å². The minimum absolute atomic E-state index is 0.132. The predicted octanol–water partition coefficient (Wildman–Crippen LogP) is 3.75. The van der Waals surface area contributed by atoms with E-state index in [9.17, 15) is 14.4 Å². The van der Waals surface area contributed by atoms with E-state index in [0.29, 0.717) is 43.5 Å². The van der Waals surface area contributed by atoms with Crippen LogP contribution in [-0.4, -0.2) is 50.2 Å². The molecular formula is C27H39N3O5. The Labute approximate surface area is 208 Å². The van der Waals surface area contributed by atoms with E-state index in [1.54, 1.807) is 12.1 Å². The van der Waals surface area contributed by atoms with Crippen LogP contribution in [0, 0.1) is 11.8 Å². The Kier molecular flexibility index (Phi) is 9.01. The molecule has 3 aliphatic rings. The number of esters is 1. The van der Waals surface area contributed by atoms with Crippen molar-refractivity contribution in [1.82, 2.24) is 10.9 Å². The topological polar surface area (TPSA) is 97.0 Å². The summed E-state index contributed by atoms with van der Waals surface area (Å²) in [6, 6.07) is 7.52. The summed E-state index contributed by atoms with van der Waals surface area (Å²) in [6.07, 6.45) is 11.7. The highest BCUT2D eigenvalue weighted by atomic mass is 16.5. The average molecular weight is 486 g/mol. The van der Waals surface area contributed by atoms with Crippen molar-refractivity contribution in [2.75, 3.05) is 25.1 Å². The molecule has 0 atom stereocenters. The molecule has 192 valence electrons. The van der Waals surface area contributed by atoms with Gasteiger partial charge in [-0.1, -0.05) is 19.3 Å². The van der Waals surface area contributed by atoms with Gasteiger partial charge in [-0.15, -0.1) is 0 Å². The minimum atomic E-state index is -0.340. The molecule has 0 bridgehead atoms. The largest absolute Gasteiger partial charge is 0.469 e. The summed E-state index contributed by atoms with van der Waals surface area (Å²) in [6.45, 7) is 1.91. The van der Waals surface area contributed by atoms with Gasteiger partial charge in [0, 0.05) is 30.3 Å². The molecule has 0 aromatic heterocycles. The number of carbonyl (C=O) groups is 3. The zero-order valence-electron chi connectivity index (χ0n) is 20.8. The number of hydrogen-bond donors (Lipinski definition) is 2. The van der Waals surface area contributed by atoms with Crippen molar-refractivity contribution in [1.29, 1.82) is 0 Å². The molecule has 2 N–H and O–H groups in total. The zero-order chi connectivity index (χ0) is 24.6. The van der Waals surface area contributed by atoms with Gasteiger partial charge in [0.15, 0.2) is 0 Å². The maximum atomic E-state index is 12.5. The summed E-state index contributed by atoms with van der Waals surface area (Å²) in [4.78, 5) is 38.9. The van der Waals surface area contributed by atoms with Crippen molar-refractivity contribution in [2.45, 2.75) is 82.8 Å². The van der Waals surface area contributed by atoms with Gasteiger partial charge in [0.2, 0.25) is 5.91 Å². The van der Waals surface area contributed by atoms with Gasteiger partial charge in [-0.3, -0.25) is 25.2 Å². The monoisotopic (exact) mass is 485 g/mol. The number of hydrogen-bond acceptors (Lipinski definition) is 6. The quantitative estimate of drug-likeness (QED) is 0.471. The minimum Gasteiger partial charge on any atom is -0.469 e. The Morgan fingerprint density at radius 2 is 1.37 bits per heavy atom. The first-order chi connectivity index (χ1) is 17.0. The third-order valence-corrected chi connectivity index (χ3v) is 7.81. The van der Waals surface area contributed by atoms with Gasteiger partial charge in [0.1, 0.15) is 0 Å². The number of amides is 2. The normalized spacial score (nSPS) is 24.0. The van der Waals surface area contributed by atoms with E-state index in [-0.39, 0.29) is 29.6 Å². The fourth-order valence-electron chi connectivity index (χ4n) is 5.60. The first-order valence-electron chi connectivity index (χ1n) is 13.2. The number of anilines is 1. The second-order valence-corrected chi connectivity index (χ2v) is 10.1. The number of carbonyl (C=O) groups excluding carboxylic acids is 3. The van der Waals surface area contributed by atoms with Gasteiger partial charge in [-0.25, -0.2) is 0 Å². The van der Waals surface area contributed by atoms with Crippen LogP contribution in [0.5, 0.6) is 0 Å². The van der Waals surface area contributed by atoms with Crippen molar-refractivity contribution in [3.8, 4) is 0 Å². The Bertz CT molecular complexity index is 852. The van der Waals surface area contributed by atoms with Gasteiger partial charge < -0.3 is 14.4 Å². The molecule has 1 aromatic carbocycles. The zero-order valence-corrected chi connectivity index (χ0v) is 20.8. The fourth-order valence-corrected chi connectivity index (χ4v) is 5.60. The van der Waals surface area contributed by atoms with Crippen molar-refractivity contribution >= 4 is 23.5 Å². The van der Waals surface area contributed by atoms with Crippen LogP contribution in [0.15, 0.2) is 24.3 Å². The van der Waals surface area contributed by atoms with Gasteiger partial charge in [0.05, 0.1) is 25.2 Å². The summed E-state index contributed by atoms with van der Waals surface area (Å²) in [7, 11) is 1.39. The fraction of sp³-hybridized carbons (Fsp3) is 0.667. The smallest absolute Gasteiger partial charge is 0.308 e. The van der Waals surface area contributed by atoms with Crippen LogP contribution < -0.4 is 15.8 Å². The lowest BCUT2D eigenvalue weighted by Crippen LogP contribution is -2.45. The molecule has 1 aromatic rings. The second kappa shape index (κ2) is 12.4. The molecule has 4 rings (SSSR count). The Morgan fingerprint density at radius 3 is 2.00 bits per heavy atom. The molecular weight excluding hydrogens is 446 g/mol. The van der Waals surface area contributed by atoms with E-state index < -0.39 is 0 Å². The molecule has 0 spiro atoms. The molecule has 35 heavy (non-hydrogen) atoms. The van der Waals surface area contributed by atoms with E-state index in [2.05, 4.69) is 15.8 Å². The highest BCUT2D eigenvalue weighted by molar-refractivity contribution is 5.95. The third kappa shape index (κ3) is 6.97. The number of piperidine rings is 1. The number of benzene rings is 1. The van der Waals surface area contributed by atoms with E-state index in [0.717, 1.165) is 31.6 Å². The van der Waals surface area contributed by atoms with E-state index in [4.69, 9.17) is 9.47 Å². The predicted molar refractivity (Wildman–Crippen MR) is 133 cm³/mol. The Morgan fingerprint density at radius 1 is 0.771 bits per heavy atom. The molecule has 1 saturated heterocycles. The number of hydrazine groups is 1. The molecule has 2 saturated carbocycles. The van der Waals surface area contributed by atoms with Crippen LogP contribution in [-0.2, 0) is 19.1 Å². The van der Waals surface area contributed by atoms with Crippen molar-refractivity contribution in [3.63, 3.8) is 0 Å². The summed E-state index contributed by atoms with van der Waals surface area (Å²) >= 11 is 0. The second-order valence-electron chi connectivity index (χ2n) is 10.1. The number of ether oxygens (including phenoxy) is 2. The number of rotatable bonds is 6. The van der Waals surface area contributed by atoms with Gasteiger partial charge in [-0.2, -0.15) is 0 Å². The molecule has 8 heteroatoms. The van der Waals surface area contributed by atoms with Gasteiger partial charge in [0.25, 0.3) is 5.91 Å². The van der Waals surface area contributed by atoms with Gasteiger partial charge in [-0.05, 0) is 75.6 Å². The van der Waals surface area contributed by atoms with Crippen LogP contribution in [0.1, 0.15) is 81.0 Å². The SMILES string of the molecule is COC(=O)C1CCC(C(=O)NNC(=O)c2ccc(N3CCC(OC4CCCCC4)CC3)cc2)CC1. The number of nitrogens with zero attached hydrogens (tertiary/aromatic N) is 1. The molecule has 2 aliphatic carbocycles. The third-order valence-electron chi connectivity index (χ3n) is 7.81. The van der Waals surface area contributed by atoms with Crippen LogP contribution in [0.4, 0.5) is 5.69 Å². The molecule has 2 amide bonds. The molecule has 8 nitrogen and oxygen atoms in total. The maximum Gasteiger partial charge on any atom is 0.308 e. The average Bonchev–Trinajstić information content (AvgIpc) is 2.92. The van der Waals surface area contributed by atoms with Crippen molar-refractivity contribution in [2.24, 2.45) is 11.8 Å². The standard InChI is InChI=1S/C27H39N3O5/c1-34-27(33)21-9-7-19(8-10-21)25(31)28-29-26(32)20-11-13-22(14-12-20)30-17-15-24(16-18-30)35-23-5-3-2-4-6-23/h11-14,19,21,23-24H,2-10,15-18H2,1H3,(H,28,31)(H,29,32). The first kappa shape index (κ1) is 25.5. The molecule has 1 heterocycles. The highest BCUT2D eigenvalue weighted by Gasteiger charge is 2.30. The van der Waals surface area contributed by atoms with Crippen LogP contribution in [0.3, 0.4) is 0 Å². The Hall–Kier alpha value is -2.61. The highest BCUT2D eigenvalue weighted by Crippen LogP contribution is 2.30. The summed E-state index contributed by atoms with van der Waals surface area (Å²) in [5.74, 6) is -1.10. The summed E-state index contributed by atoms with van der Waals surface area (Å²) in [5, 5.41) is 0. The van der Waals surface area contributed by atoms with Crippen molar-refractivity contribution in [3.05, 3.63) is 29.8 Å². The van der Waals surface area contributed by atoms with E-state index in [1.165, 1.54) is 39.2 Å². The first-order valence-corrected chi connectivity index (χ1v) is 13.2. The van der Waals surface area contributed by atoms with E-state index in [1.807, 2.05) is 12.1 Å². The van der Waals surface area contributed by atoms with E-state index >= 15 is 0 Å². The Balaban J connectivity index is 1.18. The summed E-state index contributed by atoms with van der Waals surface area (Å²) in [5.41, 5.74) is 6.67. The van der Waals surface area contributed by atoms with Crippen LogP contribution in [0.25, 0.3) is 0 Å². The molecule has 0 unspecified atom stereocenters. The molecule has 1 aliphatic heterocycles. The summed E-state index contributed by atoms with van der Waals surface area (Å²) < 4.78 is 11.1. The van der Waals surface area contributed by atoms with Crippen molar-refractivity contribution < 1.29 is 23.9 Å². The maximum absolute atomic E-state index is 12.5. The lowest BCUT2D eigenvalue weighted by Gasteiger charge is -2.36. The number of methoxy groups -OCH3 is 1. The number of nitrogens with one attached hydrogen (secondary N) is 2. The van der Waals surface area contributed by atoms with Crippen LogP contribution >= 0.6 is 0 Å². The molecule has 0 radical (unpaired) electrons.